The van der Waals surface area contributed by atoms with Crippen molar-refractivity contribution in [3.63, 3.8) is 0 Å². The van der Waals surface area contributed by atoms with Crippen molar-refractivity contribution in [2.45, 2.75) is 19.8 Å². The Labute approximate surface area is 118 Å². The van der Waals surface area contributed by atoms with Crippen molar-refractivity contribution in [1.29, 1.82) is 0 Å². The highest BCUT2D eigenvalue weighted by Gasteiger charge is 2.16. The highest BCUT2D eigenvalue weighted by Crippen LogP contribution is 2.25. The molecule has 0 aromatic heterocycles. The number of carbonyl (C=O) groups is 2. The van der Waals surface area contributed by atoms with E-state index < -0.39 is 0 Å². The van der Waals surface area contributed by atoms with Gasteiger partial charge in [-0.05, 0) is 19.1 Å². The van der Waals surface area contributed by atoms with Crippen LogP contribution in [-0.4, -0.2) is 39.0 Å². The van der Waals surface area contributed by atoms with Gasteiger partial charge in [-0.1, -0.05) is 0 Å². The molecule has 0 radical (unpaired) electrons. The fourth-order valence-electron chi connectivity index (χ4n) is 1.72. The van der Waals surface area contributed by atoms with E-state index in [0.29, 0.717) is 30.3 Å². The highest BCUT2D eigenvalue weighted by atomic mass is 16.5. The Morgan fingerprint density at radius 3 is 2.50 bits per heavy atom. The van der Waals surface area contributed by atoms with Crippen LogP contribution >= 0.6 is 0 Å². The van der Waals surface area contributed by atoms with E-state index in [1.807, 2.05) is 6.92 Å². The average Bonchev–Trinajstić information content (AvgIpc) is 2.46. The molecule has 1 aromatic carbocycles. The van der Waals surface area contributed by atoms with E-state index in [2.05, 4.69) is 0 Å². The zero-order valence-corrected chi connectivity index (χ0v) is 12.1. The summed E-state index contributed by atoms with van der Waals surface area (Å²) in [5.74, 6) is 0.611. The van der Waals surface area contributed by atoms with Crippen LogP contribution in [0.4, 0.5) is 0 Å². The number of methoxy groups -OCH3 is 2. The third-order valence-corrected chi connectivity index (χ3v) is 2.80. The molecule has 0 aliphatic heterocycles. The monoisotopic (exact) mass is 280 g/mol. The lowest BCUT2D eigenvalue weighted by atomic mass is 10.0. The Hall–Kier alpha value is -1.88. The average molecular weight is 280 g/mol. The number of Topliss-reactive ketones (excluding diaryl/α,β-unsaturated/α-hetero) is 2. The first-order valence-corrected chi connectivity index (χ1v) is 6.47. The van der Waals surface area contributed by atoms with Crippen LogP contribution in [-0.2, 0) is 9.53 Å². The van der Waals surface area contributed by atoms with Crippen molar-refractivity contribution < 1.29 is 23.8 Å². The van der Waals surface area contributed by atoms with Crippen molar-refractivity contribution in [1.82, 2.24) is 0 Å². The lowest BCUT2D eigenvalue weighted by molar-refractivity contribution is -0.119. The van der Waals surface area contributed by atoms with Gasteiger partial charge in [0.2, 0.25) is 0 Å². The number of ketones is 2. The standard InChI is InChI=1S/C15H20O5/c1-4-20-8-7-11(16)9-14(17)13-6-5-12(18-2)10-15(13)19-3/h5-6,10H,4,7-9H2,1-3H3. The summed E-state index contributed by atoms with van der Waals surface area (Å²) in [6.07, 6.45) is 0.105. The van der Waals surface area contributed by atoms with E-state index in [-0.39, 0.29) is 24.4 Å². The fraction of sp³-hybridized carbons (Fsp3) is 0.467. The first kappa shape index (κ1) is 16.2. The van der Waals surface area contributed by atoms with E-state index in [1.54, 1.807) is 18.2 Å². The Bertz CT molecular complexity index is 467. The molecule has 0 saturated carbocycles. The summed E-state index contributed by atoms with van der Waals surface area (Å²) in [7, 11) is 3.01. The van der Waals surface area contributed by atoms with E-state index in [4.69, 9.17) is 14.2 Å². The molecule has 0 unspecified atom stereocenters. The minimum Gasteiger partial charge on any atom is -0.497 e. The van der Waals surface area contributed by atoms with Crippen LogP contribution in [0.15, 0.2) is 18.2 Å². The Balaban J connectivity index is 2.69. The van der Waals surface area contributed by atoms with Gasteiger partial charge < -0.3 is 14.2 Å². The van der Waals surface area contributed by atoms with Gasteiger partial charge in [0.15, 0.2) is 5.78 Å². The van der Waals surface area contributed by atoms with Crippen molar-refractivity contribution in [3.8, 4) is 11.5 Å². The quantitative estimate of drug-likeness (QED) is 0.394. The zero-order valence-electron chi connectivity index (χ0n) is 12.1. The summed E-state index contributed by atoms with van der Waals surface area (Å²) in [6, 6.07) is 4.90. The van der Waals surface area contributed by atoms with E-state index >= 15 is 0 Å². The first-order chi connectivity index (χ1) is 9.62. The molecular weight excluding hydrogens is 260 g/mol. The molecule has 0 amide bonds. The van der Waals surface area contributed by atoms with Gasteiger partial charge in [-0.15, -0.1) is 0 Å². The molecule has 0 atom stereocenters. The molecule has 0 aliphatic rings. The first-order valence-electron chi connectivity index (χ1n) is 6.47. The highest BCUT2D eigenvalue weighted by molar-refractivity contribution is 6.09. The molecule has 1 rings (SSSR count). The van der Waals surface area contributed by atoms with Crippen molar-refractivity contribution >= 4 is 11.6 Å². The minimum atomic E-state index is -0.258. The van der Waals surface area contributed by atoms with Gasteiger partial charge in [-0.25, -0.2) is 0 Å². The van der Waals surface area contributed by atoms with Gasteiger partial charge in [-0.3, -0.25) is 9.59 Å². The number of benzene rings is 1. The van der Waals surface area contributed by atoms with E-state index in [0.717, 1.165) is 0 Å². The van der Waals surface area contributed by atoms with Crippen LogP contribution in [0.1, 0.15) is 30.1 Å². The maximum atomic E-state index is 12.1. The molecule has 0 bridgehead atoms. The minimum absolute atomic E-state index is 0.138. The predicted molar refractivity (Wildman–Crippen MR) is 74.6 cm³/mol. The lowest BCUT2D eigenvalue weighted by Crippen LogP contribution is -2.11. The van der Waals surface area contributed by atoms with Crippen LogP contribution < -0.4 is 9.47 Å². The van der Waals surface area contributed by atoms with E-state index in [1.165, 1.54) is 14.2 Å². The molecular formula is C15H20O5. The van der Waals surface area contributed by atoms with Gasteiger partial charge in [0.25, 0.3) is 0 Å². The van der Waals surface area contributed by atoms with Crippen molar-refractivity contribution in [3.05, 3.63) is 23.8 Å². The maximum absolute atomic E-state index is 12.1. The Kier molecular flexibility index (Phi) is 6.73. The largest absolute Gasteiger partial charge is 0.497 e. The summed E-state index contributed by atoms with van der Waals surface area (Å²) in [5, 5.41) is 0. The third-order valence-electron chi connectivity index (χ3n) is 2.80. The number of rotatable bonds is 9. The molecule has 5 nitrogen and oxygen atoms in total. The summed E-state index contributed by atoms with van der Waals surface area (Å²) >= 11 is 0. The Morgan fingerprint density at radius 1 is 1.15 bits per heavy atom. The SMILES string of the molecule is CCOCCC(=O)CC(=O)c1ccc(OC)cc1OC. The van der Waals surface area contributed by atoms with E-state index in [9.17, 15) is 9.59 Å². The number of hydrogen-bond acceptors (Lipinski definition) is 5. The molecule has 1 aromatic rings. The van der Waals surface area contributed by atoms with Crippen LogP contribution in [0.3, 0.4) is 0 Å². The molecule has 0 saturated heterocycles. The van der Waals surface area contributed by atoms with Gasteiger partial charge in [0.1, 0.15) is 17.3 Å². The molecule has 5 heteroatoms. The van der Waals surface area contributed by atoms with Gasteiger partial charge in [-0.2, -0.15) is 0 Å². The second-order valence-electron chi connectivity index (χ2n) is 4.15. The molecule has 20 heavy (non-hydrogen) atoms. The fourth-order valence-corrected chi connectivity index (χ4v) is 1.72. The molecule has 0 N–H and O–H groups in total. The van der Waals surface area contributed by atoms with Crippen LogP contribution in [0.25, 0.3) is 0 Å². The Morgan fingerprint density at radius 2 is 1.90 bits per heavy atom. The molecule has 110 valence electrons. The molecule has 0 fully saturated rings. The third kappa shape index (κ3) is 4.66. The molecule has 0 heterocycles. The summed E-state index contributed by atoms with van der Waals surface area (Å²) in [5.41, 5.74) is 0.387. The number of carbonyl (C=O) groups excluding carboxylic acids is 2. The summed E-state index contributed by atoms with van der Waals surface area (Å²) in [4.78, 5) is 23.7. The van der Waals surface area contributed by atoms with Crippen LogP contribution in [0, 0.1) is 0 Å². The molecule has 0 aliphatic carbocycles. The van der Waals surface area contributed by atoms with Crippen LogP contribution in [0.5, 0.6) is 11.5 Å². The maximum Gasteiger partial charge on any atom is 0.173 e. The van der Waals surface area contributed by atoms with Crippen LogP contribution in [0.2, 0.25) is 0 Å². The van der Waals surface area contributed by atoms with Crippen molar-refractivity contribution in [2.24, 2.45) is 0 Å². The van der Waals surface area contributed by atoms with Crippen molar-refractivity contribution in [2.75, 3.05) is 27.4 Å². The van der Waals surface area contributed by atoms with Gasteiger partial charge in [0, 0.05) is 19.1 Å². The zero-order chi connectivity index (χ0) is 15.0. The number of ether oxygens (including phenoxy) is 3. The summed E-state index contributed by atoms with van der Waals surface area (Å²) in [6.45, 7) is 2.77. The number of hydrogen-bond donors (Lipinski definition) is 0. The summed E-state index contributed by atoms with van der Waals surface area (Å²) < 4.78 is 15.3. The second-order valence-corrected chi connectivity index (χ2v) is 4.15. The molecule has 0 spiro atoms. The normalized spacial score (nSPS) is 10.2. The lowest BCUT2D eigenvalue weighted by Gasteiger charge is -2.09. The second kappa shape index (κ2) is 8.32. The van der Waals surface area contributed by atoms with Gasteiger partial charge >= 0.3 is 0 Å². The van der Waals surface area contributed by atoms with Gasteiger partial charge in [0.05, 0.1) is 32.8 Å². The predicted octanol–water partition coefficient (Wildman–Crippen LogP) is 2.27. The smallest absolute Gasteiger partial charge is 0.173 e. The topological polar surface area (TPSA) is 61.8 Å².